The van der Waals surface area contributed by atoms with Crippen molar-refractivity contribution in [2.45, 2.75) is 6.92 Å². The monoisotopic (exact) mass is 180 g/mol. The number of aromatic nitrogens is 2. The van der Waals surface area contributed by atoms with Crippen LogP contribution in [0.15, 0.2) is 6.07 Å². The summed E-state index contributed by atoms with van der Waals surface area (Å²) in [5.41, 5.74) is 15.2. The van der Waals surface area contributed by atoms with Crippen LogP contribution < -0.4 is 11.5 Å². The molecule has 0 aliphatic heterocycles. The van der Waals surface area contributed by atoms with Crippen LogP contribution in [-0.4, -0.2) is 8.75 Å². The van der Waals surface area contributed by atoms with Gasteiger partial charge in [-0.2, -0.15) is 8.75 Å². The highest BCUT2D eigenvalue weighted by atomic mass is 32.1. The second-order valence-corrected chi connectivity index (χ2v) is 3.19. The molecule has 0 bridgehead atoms. The van der Waals surface area contributed by atoms with Gasteiger partial charge in [-0.05, 0) is 18.6 Å². The highest BCUT2D eigenvalue weighted by Crippen LogP contribution is 2.27. The first-order valence-electron chi connectivity index (χ1n) is 3.47. The van der Waals surface area contributed by atoms with E-state index in [1.165, 1.54) is 0 Å². The third kappa shape index (κ3) is 0.831. The fourth-order valence-electron chi connectivity index (χ4n) is 1.12. The first-order valence-corrected chi connectivity index (χ1v) is 4.20. The van der Waals surface area contributed by atoms with Gasteiger partial charge in [0.15, 0.2) is 0 Å². The maximum absolute atomic E-state index is 5.78. The van der Waals surface area contributed by atoms with Crippen LogP contribution in [0, 0.1) is 6.92 Å². The Balaban J connectivity index is 2.97. The number of benzene rings is 1. The Morgan fingerprint density at radius 3 is 2.67 bits per heavy atom. The molecule has 0 aliphatic rings. The summed E-state index contributed by atoms with van der Waals surface area (Å²) in [4.78, 5) is 0. The molecule has 4 nitrogen and oxygen atoms in total. The molecule has 2 aromatic rings. The van der Waals surface area contributed by atoms with Crippen LogP contribution in [0.2, 0.25) is 0 Å². The third-order valence-electron chi connectivity index (χ3n) is 1.81. The van der Waals surface area contributed by atoms with Crippen LogP contribution in [0.1, 0.15) is 5.56 Å². The number of nitrogens with two attached hydrogens (primary N) is 2. The average molecular weight is 180 g/mol. The van der Waals surface area contributed by atoms with Crippen molar-refractivity contribution < 1.29 is 0 Å². The minimum Gasteiger partial charge on any atom is -0.397 e. The molecule has 4 N–H and O–H groups in total. The summed E-state index contributed by atoms with van der Waals surface area (Å²) >= 11 is 1.13. The highest BCUT2D eigenvalue weighted by Gasteiger charge is 2.08. The molecule has 0 atom stereocenters. The molecule has 0 saturated carbocycles. The molecule has 0 radical (unpaired) electrons. The van der Waals surface area contributed by atoms with E-state index in [4.69, 9.17) is 11.5 Å². The highest BCUT2D eigenvalue weighted by molar-refractivity contribution is 7.00. The SMILES string of the molecule is Cc1cc(N)c2nsnc2c1N. The van der Waals surface area contributed by atoms with Gasteiger partial charge in [0.1, 0.15) is 11.0 Å². The van der Waals surface area contributed by atoms with Crippen LogP contribution in [0.3, 0.4) is 0 Å². The smallest absolute Gasteiger partial charge is 0.130 e. The molecule has 1 heterocycles. The minimum absolute atomic E-state index is 0.644. The van der Waals surface area contributed by atoms with Crippen molar-refractivity contribution in [2.75, 3.05) is 11.5 Å². The number of nitrogen functional groups attached to an aromatic ring is 2. The number of hydrogen-bond donors (Lipinski definition) is 2. The summed E-state index contributed by atoms with van der Waals surface area (Å²) in [5.74, 6) is 0. The lowest BCUT2D eigenvalue weighted by Gasteiger charge is -2.01. The van der Waals surface area contributed by atoms with Gasteiger partial charge in [-0.3, -0.25) is 0 Å². The normalized spacial score (nSPS) is 10.8. The van der Waals surface area contributed by atoms with E-state index in [2.05, 4.69) is 8.75 Å². The van der Waals surface area contributed by atoms with Crippen LogP contribution in [0.4, 0.5) is 11.4 Å². The van der Waals surface area contributed by atoms with Crippen molar-refractivity contribution in [3.8, 4) is 0 Å². The maximum Gasteiger partial charge on any atom is 0.130 e. The molecule has 1 aromatic heterocycles. The first-order chi connectivity index (χ1) is 5.70. The van der Waals surface area contributed by atoms with Crippen LogP contribution in [0.25, 0.3) is 11.0 Å². The van der Waals surface area contributed by atoms with E-state index in [0.29, 0.717) is 16.9 Å². The molecule has 0 aliphatic carbocycles. The second-order valence-electron chi connectivity index (χ2n) is 2.66. The Labute approximate surface area is 73.5 Å². The van der Waals surface area contributed by atoms with E-state index in [-0.39, 0.29) is 0 Å². The standard InChI is InChI=1S/C7H8N4S/c1-3-2-4(8)6-7(5(3)9)11-12-10-6/h2H,8-9H2,1H3. The molecular formula is C7H8N4S. The Morgan fingerprint density at radius 2 is 1.92 bits per heavy atom. The van der Waals surface area contributed by atoms with E-state index in [1.807, 2.05) is 13.0 Å². The third-order valence-corrected chi connectivity index (χ3v) is 2.34. The van der Waals surface area contributed by atoms with Crippen LogP contribution in [-0.2, 0) is 0 Å². The fraction of sp³-hybridized carbons (Fsp3) is 0.143. The van der Waals surface area contributed by atoms with E-state index >= 15 is 0 Å². The molecule has 0 saturated heterocycles. The number of hydrogen-bond acceptors (Lipinski definition) is 5. The predicted octanol–water partition coefficient (Wildman–Crippen LogP) is 1.16. The fourth-order valence-corrected chi connectivity index (χ4v) is 1.70. The van der Waals surface area contributed by atoms with Gasteiger partial charge in [-0.1, -0.05) is 0 Å². The molecule has 12 heavy (non-hydrogen) atoms. The molecule has 0 spiro atoms. The summed E-state index contributed by atoms with van der Waals surface area (Å²) in [6.45, 7) is 1.91. The zero-order valence-corrected chi connectivity index (χ0v) is 7.35. The van der Waals surface area contributed by atoms with Gasteiger partial charge < -0.3 is 11.5 Å². The number of rotatable bonds is 0. The minimum atomic E-state index is 0.644. The number of anilines is 2. The number of aryl methyl sites for hydroxylation is 1. The first kappa shape index (κ1) is 7.30. The number of fused-ring (bicyclic) bond motifs is 1. The quantitative estimate of drug-likeness (QED) is 0.596. The predicted molar refractivity (Wildman–Crippen MR) is 51.0 cm³/mol. The zero-order valence-electron chi connectivity index (χ0n) is 6.53. The van der Waals surface area contributed by atoms with Gasteiger partial charge in [0, 0.05) is 0 Å². The summed E-state index contributed by atoms with van der Waals surface area (Å²) in [7, 11) is 0. The summed E-state index contributed by atoms with van der Waals surface area (Å²) in [6.07, 6.45) is 0. The van der Waals surface area contributed by atoms with Gasteiger partial charge in [0.05, 0.1) is 23.1 Å². The molecule has 62 valence electrons. The van der Waals surface area contributed by atoms with E-state index in [0.717, 1.165) is 22.8 Å². The molecule has 0 amide bonds. The Hall–Kier alpha value is -1.36. The van der Waals surface area contributed by atoms with Gasteiger partial charge in [-0.25, -0.2) is 0 Å². The van der Waals surface area contributed by atoms with Crippen molar-refractivity contribution in [2.24, 2.45) is 0 Å². The second kappa shape index (κ2) is 2.31. The van der Waals surface area contributed by atoms with E-state index < -0.39 is 0 Å². The molecule has 2 rings (SSSR count). The molecule has 0 fully saturated rings. The Kier molecular flexibility index (Phi) is 1.41. The Bertz CT molecular complexity index is 434. The summed E-state index contributed by atoms with van der Waals surface area (Å²) in [5, 5.41) is 0. The average Bonchev–Trinajstić information content (AvgIpc) is 2.48. The van der Waals surface area contributed by atoms with Crippen molar-refractivity contribution in [3.05, 3.63) is 11.6 Å². The van der Waals surface area contributed by atoms with Crippen LogP contribution in [0.5, 0.6) is 0 Å². The van der Waals surface area contributed by atoms with Crippen molar-refractivity contribution in [1.82, 2.24) is 8.75 Å². The molecular weight excluding hydrogens is 172 g/mol. The van der Waals surface area contributed by atoms with Gasteiger partial charge in [0.2, 0.25) is 0 Å². The lowest BCUT2D eigenvalue weighted by molar-refractivity contribution is 1.48. The topological polar surface area (TPSA) is 77.8 Å². The summed E-state index contributed by atoms with van der Waals surface area (Å²) < 4.78 is 8.11. The van der Waals surface area contributed by atoms with E-state index in [9.17, 15) is 0 Å². The van der Waals surface area contributed by atoms with Gasteiger partial charge in [0.25, 0.3) is 0 Å². The van der Waals surface area contributed by atoms with Crippen molar-refractivity contribution in [1.29, 1.82) is 0 Å². The largest absolute Gasteiger partial charge is 0.397 e. The summed E-state index contributed by atoms with van der Waals surface area (Å²) in [6, 6.07) is 1.82. The lowest BCUT2D eigenvalue weighted by Crippen LogP contribution is -1.95. The molecule has 1 aromatic carbocycles. The van der Waals surface area contributed by atoms with E-state index in [1.54, 1.807) is 0 Å². The van der Waals surface area contributed by atoms with Crippen LogP contribution >= 0.6 is 11.7 Å². The molecule has 5 heteroatoms. The van der Waals surface area contributed by atoms with Gasteiger partial charge >= 0.3 is 0 Å². The maximum atomic E-state index is 5.78. The lowest BCUT2D eigenvalue weighted by atomic mass is 10.1. The molecule has 0 unspecified atom stereocenters. The Morgan fingerprint density at radius 1 is 1.25 bits per heavy atom. The van der Waals surface area contributed by atoms with Gasteiger partial charge in [-0.15, -0.1) is 0 Å². The van der Waals surface area contributed by atoms with Crippen molar-refractivity contribution >= 4 is 34.1 Å². The zero-order chi connectivity index (χ0) is 8.72. The van der Waals surface area contributed by atoms with Crippen molar-refractivity contribution in [3.63, 3.8) is 0 Å². The number of nitrogens with zero attached hydrogens (tertiary/aromatic N) is 2.